The van der Waals surface area contributed by atoms with Gasteiger partial charge >= 0.3 is 6.18 Å². The van der Waals surface area contributed by atoms with E-state index in [1.807, 2.05) is 0 Å². The molecule has 10 nitrogen and oxygen atoms in total. The fraction of sp³-hybridized carbons (Fsp3) is 0.667. The van der Waals surface area contributed by atoms with Crippen LogP contribution < -0.4 is 10.1 Å². The Morgan fingerprint density at radius 1 is 1.11 bits per heavy atom. The molecule has 1 saturated heterocycles. The van der Waals surface area contributed by atoms with Crippen LogP contribution in [-0.2, 0) is 14.8 Å². The van der Waals surface area contributed by atoms with Crippen molar-refractivity contribution in [3.8, 4) is 5.75 Å². The number of benzene rings is 1. The van der Waals surface area contributed by atoms with Crippen LogP contribution in [0.25, 0.3) is 6.08 Å². The summed E-state index contributed by atoms with van der Waals surface area (Å²) in [5.74, 6) is 0.774. The number of sulfonamides is 1. The second-order valence-electron chi connectivity index (χ2n) is 12.2. The number of aryl methyl sites for hydroxylation is 2. The Labute approximate surface area is 256 Å². The van der Waals surface area contributed by atoms with Crippen LogP contribution in [0.1, 0.15) is 68.1 Å². The number of carbonyl (C=O) groups is 1. The Hall–Kier alpha value is -2.52. The highest BCUT2D eigenvalue weighted by Gasteiger charge is 2.48. The maximum atomic E-state index is 13.2. The molecule has 44 heavy (non-hydrogen) atoms. The zero-order chi connectivity index (χ0) is 32.3. The van der Waals surface area contributed by atoms with E-state index in [0.29, 0.717) is 42.8 Å². The Morgan fingerprint density at radius 3 is 2.30 bits per heavy atom. The molecule has 4 N–H and O–H groups in total. The lowest BCUT2D eigenvalue weighted by molar-refractivity contribution is -0.138. The van der Waals surface area contributed by atoms with Gasteiger partial charge in [-0.25, -0.2) is 8.42 Å². The van der Waals surface area contributed by atoms with Crippen molar-refractivity contribution in [2.45, 2.75) is 89.1 Å². The zero-order valence-electron chi connectivity index (χ0n) is 25.0. The number of nitrogens with zero attached hydrogens (tertiary/aromatic N) is 2. The third kappa shape index (κ3) is 8.39. The van der Waals surface area contributed by atoms with Gasteiger partial charge in [-0.15, -0.1) is 0 Å². The minimum atomic E-state index is -4.15. The summed E-state index contributed by atoms with van der Waals surface area (Å²) in [7, 11) is -3.80. The van der Waals surface area contributed by atoms with E-state index < -0.39 is 47.0 Å². The van der Waals surface area contributed by atoms with Gasteiger partial charge < -0.3 is 25.4 Å². The summed E-state index contributed by atoms with van der Waals surface area (Å²) >= 11 is 0. The first-order valence-electron chi connectivity index (χ1n) is 15.0. The van der Waals surface area contributed by atoms with E-state index in [0.717, 1.165) is 16.5 Å². The Balaban J connectivity index is 1.33. The predicted octanol–water partition coefficient (Wildman–Crippen LogP) is 3.21. The van der Waals surface area contributed by atoms with Crippen LogP contribution in [0.2, 0.25) is 0 Å². The molecule has 1 spiro atoms. The Bertz CT molecular complexity index is 1330. The second-order valence-corrected chi connectivity index (χ2v) is 14.0. The number of carbonyl (C=O) groups excluding carboxylic acids is 1. The minimum absolute atomic E-state index is 0.00868. The molecule has 1 aromatic carbocycles. The van der Waals surface area contributed by atoms with Crippen molar-refractivity contribution < 1.29 is 46.4 Å². The van der Waals surface area contributed by atoms with Crippen LogP contribution >= 0.6 is 0 Å². The van der Waals surface area contributed by atoms with Crippen LogP contribution in [-0.4, -0.2) is 90.0 Å². The summed E-state index contributed by atoms with van der Waals surface area (Å²) in [6.45, 7) is 3.00. The lowest BCUT2D eigenvalue weighted by Crippen LogP contribution is -2.50. The molecule has 4 rings (SSSR count). The number of amides is 1. The largest absolute Gasteiger partial charge is 0.491 e. The predicted molar refractivity (Wildman–Crippen MR) is 158 cm³/mol. The van der Waals surface area contributed by atoms with Crippen LogP contribution in [0, 0.1) is 25.7 Å². The summed E-state index contributed by atoms with van der Waals surface area (Å²) in [6, 6.07) is 3.37. The monoisotopic (exact) mass is 645 g/mol. The van der Waals surface area contributed by atoms with Crippen molar-refractivity contribution in [1.29, 1.82) is 0 Å². The van der Waals surface area contributed by atoms with E-state index in [9.17, 15) is 36.6 Å². The number of aliphatic hydroxyl groups is 3. The van der Waals surface area contributed by atoms with Gasteiger partial charge in [-0.05, 0) is 99.6 Å². The number of hydrogen-bond donors (Lipinski definition) is 4. The molecule has 0 bridgehead atoms. The molecular formula is C30H42F3N3O7S. The molecule has 2 heterocycles. The summed E-state index contributed by atoms with van der Waals surface area (Å²) < 4.78 is 71.0. The topological polar surface area (TPSA) is 149 Å². The minimum Gasteiger partial charge on any atom is -0.491 e. The average molecular weight is 646 g/mol. The molecule has 1 aromatic rings. The van der Waals surface area contributed by atoms with Crippen LogP contribution in [0.3, 0.4) is 0 Å². The third-order valence-electron chi connectivity index (χ3n) is 9.00. The highest BCUT2D eigenvalue weighted by Crippen LogP contribution is 2.38. The number of aliphatic hydroxyl groups excluding tert-OH is 3. The Morgan fingerprint density at radius 2 is 1.73 bits per heavy atom. The molecule has 246 valence electrons. The first kappa shape index (κ1) is 34.4. The lowest BCUT2D eigenvalue weighted by atomic mass is 9.79. The van der Waals surface area contributed by atoms with Crippen molar-refractivity contribution in [3.63, 3.8) is 0 Å². The molecule has 2 aliphatic heterocycles. The summed E-state index contributed by atoms with van der Waals surface area (Å²) in [5.41, 5.74) is 1.13. The van der Waals surface area contributed by atoms with Gasteiger partial charge in [0.25, 0.3) is 5.91 Å². The third-order valence-corrected chi connectivity index (χ3v) is 10.6. The van der Waals surface area contributed by atoms with Crippen molar-refractivity contribution in [3.05, 3.63) is 34.2 Å². The van der Waals surface area contributed by atoms with Crippen molar-refractivity contribution in [2.75, 3.05) is 26.3 Å². The fourth-order valence-corrected chi connectivity index (χ4v) is 7.38. The van der Waals surface area contributed by atoms with Crippen molar-refractivity contribution in [1.82, 2.24) is 9.62 Å². The SMILES string of the molecule is Cc1cc(OC[C@H](O)[C@@H](O)CO)cc(C)c1C=CS(=O)(=O)N1CCC2(CC1)N=C(C1CCC(CCC(F)(F)F)CC1)NC2=O. The highest BCUT2D eigenvalue weighted by molar-refractivity contribution is 7.92. The van der Waals surface area contributed by atoms with Crippen LogP contribution in [0.4, 0.5) is 13.2 Å². The molecule has 0 radical (unpaired) electrons. The van der Waals surface area contributed by atoms with Gasteiger partial charge in [0.15, 0.2) is 0 Å². The first-order valence-corrected chi connectivity index (χ1v) is 16.5. The molecule has 0 unspecified atom stereocenters. The Kier molecular flexibility index (Phi) is 10.8. The van der Waals surface area contributed by atoms with E-state index >= 15 is 0 Å². The quantitative estimate of drug-likeness (QED) is 0.289. The number of ether oxygens (including phenoxy) is 1. The van der Waals surface area contributed by atoms with Gasteiger partial charge in [0.05, 0.1) is 6.61 Å². The average Bonchev–Trinajstić information content (AvgIpc) is 3.28. The number of amidine groups is 1. The summed E-state index contributed by atoms with van der Waals surface area (Å²) in [6.07, 6.45) is -2.74. The van der Waals surface area contributed by atoms with E-state index in [2.05, 4.69) is 5.32 Å². The molecule has 1 amide bonds. The molecule has 1 saturated carbocycles. The number of rotatable bonds is 11. The zero-order valence-corrected chi connectivity index (χ0v) is 25.8. The van der Waals surface area contributed by atoms with E-state index in [1.165, 1.54) is 10.4 Å². The number of aliphatic imine (C=N–C) groups is 1. The van der Waals surface area contributed by atoms with Gasteiger partial charge in [-0.1, -0.05) is 0 Å². The summed E-state index contributed by atoms with van der Waals surface area (Å²) in [5, 5.41) is 32.3. The van der Waals surface area contributed by atoms with Crippen molar-refractivity contribution in [2.24, 2.45) is 16.8 Å². The normalized spacial score (nSPS) is 24.4. The second kappa shape index (κ2) is 13.9. The maximum absolute atomic E-state index is 13.2. The van der Waals surface area contributed by atoms with Crippen LogP contribution in [0.15, 0.2) is 22.5 Å². The molecule has 14 heteroatoms. The molecule has 0 aromatic heterocycles. The van der Waals surface area contributed by atoms with Gasteiger partial charge in [-0.3, -0.25) is 9.79 Å². The first-order chi connectivity index (χ1) is 20.6. The fourth-order valence-electron chi connectivity index (χ4n) is 6.21. The number of piperidine rings is 1. The number of alkyl halides is 3. The number of nitrogens with one attached hydrogen (secondary N) is 1. The molecule has 2 fully saturated rings. The van der Waals surface area contributed by atoms with Gasteiger partial charge in [0, 0.05) is 30.8 Å². The maximum Gasteiger partial charge on any atom is 0.389 e. The van der Waals surface area contributed by atoms with E-state index in [4.69, 9.17) is 14.8 Å². The standard InChI is InChI=1S/C30H42F3N3O7S/c1-19-15-23(43-18-26(39)25(38)17-37)16-20(2)24(19)8-14-44(41,42)36-12-10-29(11-13-36)28(40)34-27(35-29)22-5-3-21(4-6-22)7-9-30(31,32)33/h8,14-16,21-22,25-26,37-39H,3-7,9-13,17-18H2,1-2H3,(H,34,35,40)/t21?,22?,25-,26-/m0/s1. The molecule has 2 atom stereocenters. The number of halogens is 3. The van der Waals surface area contributed by atoms with E-state index in [1.54, 1.807) is 26.0 Å². The molecular weight excluding hydrogens is 603 g/mol. The van der Waals surface area contributed by atoms with Gasteiger partial charge in [0.2, 0.25) is 10.0 Å². The van der Waals surface area contributed by atoms with Gasteiger partial charge in [0.1, 0.15) is 35.9 Å². The highest BCUT2D eigenvalue weighted by atomic mass is 32.2. The van der Waals surface area contributed by atoms with Crippen LogP contribution in [0.5, 0.6) is 5.75 Å². The van der Waals surface area contributed by atoms with Crippen molar-refractivity contribution >= 4 is 27.8 Å². The number of hydrogen-bond acceptors (Lipinski definition) is 8. The van der Waals surface area contributed by atoms with Gasteiger partial charge in [-0.2, -0.15) is 17.5 Å². The molecule has 1 aliphatic carbocycles. The lowest BCUT2D eigenvalue weighted by Gasteiger charge is -2.34. The molecule has 3 aliphatic rings. The summed E-state index contributed by atoms with van der Waals surface area (Å²) in [4.78, 5) is 17.8. The smallest absolute Gasteiger partial charge is 0.389 e. The van der Waals surface area contributed by atoms with E-state index in [-0.39, 0.29) is 56.7 Å².